The van der Waals surface area contributed by atoms with Crippen LogP contribution in [0.5, 0.6) is 0 Å². The summed E-state index contributed by atoms with van der Waals surface area (Å²) in [5.74, 6) is 3.94. The zero-order valence-electron chi connectivity index (χ0n) is 5.96. The zero-order valence-corrected chi connectivity index (χ0v) is 5.96. The summed E-state index contributed by atoms with van der Waals surface area (Å²) >= 11 is 0. The molecule has 0 amide bonds. The fourth-order valence-corrected chi connectivity index (χ4v) is 0.404. The maximum absolute atomic E-state index is 10.6. The molecule has 0 saturated heterocycles. The molecule has 0 aromatic heterocycles. The Labute approximate surface area is 60.1 Å². The summed E-state index contributed by atoms with van der Waals surface area (Å²) in [5, 5.41) is 0. The molecule has 0 bridgehead atoms. The molecule has 0 fully saturated rings. The molecular formula is C7H11NO2. The minimum absolute atomic E-state index is 0.0870. The Bertz CT molecular complexity index is 163. The lowest BCUT2D eigenvalue weighted by Gasteiger charge is -2.05. The first-order chi connectivity index (χ1) is 4.63. The molecule has 56 valence electrons. The lowest BCUT2D eigenvalue weighted by atomic mass is 10.0. The molecular weight excluding hydrogens is 130 g/mol. The molecule has 10 heavy (non-hydrogen) atoms. The molecule has 3 heteroatoms. The predicted octanol–water partition coefficient (Wildman–Crippen LogP) is 0.782. The van der Waals surface area contributed by atoms with Crippen LogP contribution in [0.25, 0.3) is 0 Å². The van der Waals surface area contributed by atoms with Crippen LogP contribution in [-0.4, -0.2) is 5.97 Å². The summed E-state index contributed by atoms with van der Waals surface area (Å²) in [7, 11) is 0. The Morgan fingerprint density at radius 3 is 2.60 bits per heavy atom. The Balaban J connectivity index is 4.07. The molecule has 0 spiro atoms. The summed E-state index contributed by atoms with van der Waals surface area (Å²) in [6.45, 7) is 8.74. The van der Waals surface area contributed by atoms with Gasteiger partial charge < -0.3 is 4.84 Å². The Morgan fingerprint density at radius 1 is 1.80 bits per heavy atom. The number of hydrogen-bond donors (Lipinski definition) is 1. The maximum atomic E-state index is 10.6. The standard InChI is InChI=1S/C7H11NO2/c1-4-5(2)6(3)7(9)10-8/h4-5H,1,3,8H2,2H3. The van der Waals surface area contributed by atoms with Gasteiger partial charge >= 0.3 is 5.97 Å². The van der Waals surface area contributed by atoms with E-state index in [2.05, 4.69) is 23.9 Å². The van der Waals surface area contributed by atoms with Gasteiger partial charge in [0.25, 0.3) is 0 Å². The number of rotatable bonds is 3. The van der Waals surface area contributed by atoms with Gasteiger partial charge in [-0.3, -0.25) is 0 Å². The van der Waals surface area contributed by atoms with Gasteiger partial charge in [0.1, 0.15) is 0 Å². The first-order valence-electron chi connectivity index (χ1n) is 2.86. The number of allylic oxidation sites excluding steroid dienone is 1. The third kappa shape index (κ3) is 2.03. The third-order valence-electron chi connectivity index (χ3n) is 1.27. The van der Waals surface area contributed by atoms with Crippen LogP contribution < -0.4 is 5.90 Å². The van der Waals surface area contributed by atoms with Gasteiger partial charge in [-0.05, 0) is 0 Å². The smallest absolute Gasteiger partial charge is 0.352 e. The minimum Gasteiger partial charge on any atom is -0.370 e. The van der Waals surface area contributed by atoms with E-state index in [9.17, 15) is 4.79 Å². The van der Waals surface area contributed by atoms with Crippen molar-refractivity contribution in [1.82, 2.24) is 0 Å². The number of hydrogen-bond acceptors (Lipinski definition) is 3. The molecule has 0 aliphatic carbocycles. The van der Waals surface area contributed by atoms with Crippen LogP contribution in [0.1, 0.15) is 6.92 Å². The van der Waals surface area contributed by atoms with Crippen molar-refractivity contribution >= 4 is 5.97 Å². The van der Waals surface area contributed by atoms with E-state index in [1.807, 2.05) is 0 Å². The van der Waals surface area contributed by atoms with Crippen molar-refractivity contribution in [2.75, 3.05) is 0 Å². The van der Waals surface area contributed by atoms with Crippen molar-refractivity contribution in [3.8, 4) is 0 Å². The molecule has 3 nitrogen and oxygen atoms in total. The summed E-state index contributed by atoms with van der Waals surface area (Å²) in [4.78, 5) is 14.6. The highest BCUT2D eigenvalue weighted by Crippen LogP contribution is 2.09. The van der Waals surface area contributed by atoms with Crippen LogP contribution in [0.3, 0.4) is 0 Å². The van der Waals surface area contributed by atoms with Gasteiger partial charge in [0.15, 0.2) is 0 Å². The van der Waals surface area contributed by atoms with Crippen LogP contribution in [0.2, 0.25) is 0 Å². The van der Waals surface area contributed by atoms with Gasteiger partial charge in [-0.1, -0.05) is 19.6 Å². The maximum Gasteiger partial charge on any atom is 0.352 e. The highest BCUT2D eigenvalue weighted by Gasteiger charge is 2.11. The Kier molecular flexibility index (Phi) is 3.43. The van der Waals surface area contributed by atoms with E-state index >= 15 is 0 Å². The Morgan fingerprint density at radius 2 is 2.30 bits per heavy atom. The second-order valence-corrected chi connectivity index (χ2v) is 1.95. The van der Waals surface area contributed by atoms with Gasteiger partial charge in [-0.25, -0.2) is 4.79 Å². The summed E-state index contributed by atoms with van der Waals surface area (Å²) in [6.07, 6.45) is 1.60. The van der Waals surface area contributed by atoms with E-state index in [-0.39, 0.29) is 5.92 Å². The first-order valence-corrected chi connectivity index (χ1v) is 2.86. The fraction of sp³-hybridized carbons (Fsp3) is 0.286. The topological polar surface area (TPSA) is 52.3 Å². The van der Waals surface area contributed by atoms with E-state index in [1.54, 1.807) is 13.0 Å². The summed E-state index contributed by atoms with van der Waals surface area (Å²) in [6, 6.07) is 0. The molecule has 2 N–H and O–H groups in total. The minimum atomic E-state index is -0.590. The van der Waals surface area contributed by atoms with Crippen LogP contribution in [0.15, 0.2) is 24.8 Å². The highest BCUT2D eigenvalue weighted by atomic mass is 16.7. The van der Waals surface area contributed by atoms with Crippen molar-refractivity contribution < 1.29 is 9.63 Å². The second kappa shape index (κ2) is 3.85. The second-order valence-electron chi connectivity index (χ2n) is 1.95. The third-order valence-corrected chi connectivity index (χ3v) is 1.27. The molecule has 0 radical (unpaired) electrons. The molecule has 0 saturated carbocycles. The van der Waals surface area contributed by atoms with Gasteiger partial charge in [-0.2, -0.15) is 5.90 Å². The SMILES string of the molecule is C=CC(C)C(=C)C(=O)ON. The molecule has 1 atom stereocenters. The monoisotopic (exact) mass is 141 g/mol. The molecule has 0 aliphatic heterocycles. The van der Waals surface area contributed by atoms with Gasteiger partial charge in [0.05, 0.1) is 0 Å². The molecule has 0 rings (SSSR count). The first kappa shape index (κ1) is 8.91. The molecule has 0 heterocycles. The summed E-state index contributed by atoms with van der Waals surface area (Å²) < 4.78 is 0. The van der Waals surface area contributed by atoms with Crippen LogP contribution in [0, 0.1) is 5.92 Å². The van der Waals surface area contributed by atoms with E-state index in [0.29, 0.717) is 5.57 Å². The largest absolute Gasteiger partial charge is 0.370 e. The van der Waals surface area contributed by atoms with Gasteiger partial charge in [0, 0.05) is 11.5 Å². The van der Waals surface area contributed by atoms with Gasteiger partial charge in [0.2, 0.25) is 0 Å². The Hall–Kier alpha value is -1.09. The van der Waals surface area contributed by atoms with Crippen LogP contribution >= 0.6 is 0 Å². The van der Waals surface area contributed by atoms with E-state index in [0.717, 1.165) is 0 Å². The zero-order chi connectivity index (χ0) is 8.15. The quantitative estimate of drug-likeness (QED) is 0.359. The average Bonchev–Trinajstić information content (AvgIpc) is 2.00. The normalized spacial score (nSPS) is 11.8. The summed E-state index contributed by atoms with van der Waals surface area (Å²) in [5.41, 5.74) is 0.317. The number of carbonyl (C=O) groups is 1. The molecule has 0 aromatic carbocycles. The van der Waals surface area contributed by atoms with Crippen molar-refractivity contribution in [2.45, 2.75) is 6.92 Å². The molecule has 0 aliphatic rings. The van der Waals surface area contributed by atoms with E-state index < -0.39 is 5.97 Å². The molecule has 0 aromatic rings. The van der Waals surface area contributed by atoms with E-state index in [4.69, 9.17) is 0 Å². The van der Waals surface area contributed by atoms with Gasteiger partial charge in [-0.15, -0.1) is 6.58 Å². The number of carbonyl (C=O) groups excluding carboxylic acids is 1. The predicted molar refractivity (Wildman–Crippen MR) is 38.8 cm³/mol. The van der Waals surface area contributed by atoms with Crippen molar-refractivity contribution in [1.29, 1.82) is 0 Å². The lowest BCUT2D eigenvalue weighted by molar-refractivity contribution is -0.139. The lowest BCUT2D eigenvalue weighted by Crippen LogP contribution is -2.15. The molecule has 1 unspecified atom stereocenters. The van der Waals surface area contributed by atoms with E-state index in [1.165, 1.54) is 0 Å². The van der Waals surface area contributed by atoms with Crippen molar-refractivity contribution in [2.24, 2.45) is 11.8 Å². The van der Waals surface area contributed by atoms with Crippen LogP contribution in [-0.2, 0) is 9.63 Å². The van der Waals surface area contributed by atoms with Crippen molar-refractivity contribution in [3.05, 3.63) is 24.8 Å². The van der Waals surface area contributed by atoms with Crippen LogP contribution in [0.4, 0.5) is 0 Å². The fourth-order valence-electron chi connectivity index (χ4n) is 0.404. The van der Waals surface area contributed by atoms with Crippen molar-refractivity contribution in [3.63, 3.8) is 0 Å². The highest BCUT2D eigenvalue weighted by molar-refractivity contribution is 5.88. The number of nitrogens with two attached hydrogens (primary N) is 1. The average molecular weight is 141 g/mol.